The molecule has 2 aromatic rings. The lowest BCUT2D eigenvalue weighted by atomic mass is 10.1. The number of rotatable bonds is 8. The molecule has 1 heterocycles. The van der Waals surface area contributed by atoms with Crippen LogP contribution in [0.4, 0.5) is 4.39 Å². The van der Waals surface area contributed by atoms with E-state index in [1.807, 2.05) is 6.92 Å². The van der Waals surface area contributed by atoms with Crippen molar-refractivity contribution in [1.29, 1.82) is 0 Å². The predicted octanol–water partition coefficient (Wildman–Crippen LogP) is 2.94. The van der Waals surface area contributed by atoms with E-state index in [0.29, 0.717) is 23.4 Å². The van der Waals surface area contributed by atoms with E-state index >= 15 is 0 Å². The average molecular weight is 424 g/mol. The van der Waals surface area contributed by atoms with Crippen molar-refractivity contribution < 1.29 is 27.1 Å². The van der Waals surface area contributed by atoms with Crippen LogP contribution < -0.4 is 0 Å². The Labute approximate surface area is 170 Å². The predicted molar refractivity (Wildman–Crippen MR) is 106 cm³/mol. The van der Waals surface area contributed by atoms with Gasteiger partial charge in [0, 0.05) is 24.3 Å². The first-order valence-corrected chi connectivity index (χ1v) is 10.6. The molecule has 1 aromatic carbocycles. The van der Waals surface area contributed by atoms with Crippen LogP contribution in [0.2, 0.25) is 0 Å². The lowest BCUT2D eigenvalue weighted by Gasteiger charge is -2.20. The number of ketones is 1. The second-order valence-corrected chi connectivity index (χ2v) is 8.42. The minimum atomic E-state index is -3.98. The lowest BCUT2D eigenvalue weighted by Crippen LogP contribution is -2.36. The van der Waals surface area contributed by atoms with Crippen molar-refractivity contribution in [3.63, 3.8) is 0 Å². The molecule has 7 nitrogen and oxygen atoms in total. The number of esters is 1. The highest BCUT2D eigenvalue weighted by atomic mass is 32.2. The molecule has 1 aromatic heterocycles. The molecule has 0 aliphatic rings. The summed E-state index contributed by atoms with van der Waals surface area (Å²) in [7, 11) is -2.72. The number of hydrogen-bond acceptors (Lipinski definition) is 5. The van der Waals surface area contributed by atoms with Crippen molar-refractivity contribution in [2.24, 2.45) is 0 Å². The van der Waals surface area contributed by atoms with Crippen LogP contribution in [0.25, 0.3) is 0 Å². The maximum absolute atomic E-state index is 13.1. The van der Waals surface area contributed by atoms with Crippen molar-refractivity contribution in [2.75, 3.05) is 20.2 Å². The molecular weight excluding hydrogens is 399 g/mol. The lowest BCUT2D eigenvalue weighted by molar-refractivity contribution is 0.0587. The van der Waals surface area contributed by atoms with Gasteiger partial charge in [0.25, 0.3) is 0 Å². The number of nitrogens with zero attached hydrogens (tertiary/aromatic N) is 2. The molecule has 2 rings (SSSR count). The van der Waals surface area contributed by atoms with E-state index in [-0.39, 0.29) is 17.1 Å². The molecular formula is C20H25FN2O5S. The van der Waals surface area contributed by atoms with E-state index in [2.05, 4.69) is 0 Å². The van der Waals surface area contributed by atoms with E-state index in [1.54, 1.807) is 25.3 Å². The summed E-state index contributed by atoms with van der Waals surface area (Å²) in [6.07, 6.45) is 0. The van der Waals surface area contributed by atoms with Gasteiger partial charge in [-0.15, -0.1) is 0 Å². The Morgan fingerprint density at radius 3 is 2.21 bits per heavy atom. The van der Waals surface area contributed by atoms with Crippen LogP contribution in [0, 0.1) is 19.7 Å². The van der Waals surface area contributed by atoms with Crippen molar-refractivity contribution in [2.45, 2.75) is 39.1 Å². The van der Waals surface area contributed by atoms with Crippen LogP contribution in [-0.4, -0.2) is 49.2 Å². The summed E-state index contributed by atoms with van der Waals surface area (Å²) in [4.78, 5) is 25.1. The van der Waals surface area contributed by atoms with Crippen LogP contribution in [0.1, 0.15) is 46.0 Å². The van der Waals surface area contributed by atoms with Crippen molar-refractivity contribution in [3.05, 3.63) is 52.6 Å². The Balaban J connectivity index is 2.43. The van der Waals surface area contributed by atoms with Gasteiger partial charge in [-0.2, -0.15) is 4.31 Å². The van der Waals surface area contributed by atoms with E-state index in [9.17, 15) is 22.4 Å². The Morgan fingerprint density at radius 1 is 1.14 bits per heavy atom. The fraction of sp³-hybridized carbons (Fsp3) is 0.400. The Kier molecular flexibility index (Phi) is 6.97. The van der Waals surface area contributed by atoms with Gasteiger partial charge in [-0.3, -0.25) is 4.79 Å². The maximum atomic E-state index is 13.1. The minimum Gasteiger partial charge on any atom is -0.464 e. The summed E-state index contributed by atoms with van der Waals surface area (Å²) >= 11 is 0. The van der Waals surface area contributed by atoms with Crippen LogP contribution in [-0.2, 0) is 21.3 Å². The number of ether oxygens (including phenoxy) is 1. The van der Waals surface area contributed by atoms with Crippen molar-refractivity contribution in [3.8, 4) is 0 Å². The van der Waals surface area contributed by atoms with Gasteiger partial charge in [0.1, 0.15) is 11.5 Å². The molecule has 0 unspecified atom stereocenters. The zero-order valence-corrected chi connectivity index (χ0v) is 18.0. The van der Waals surface area contributed by atoms with Gasteiger partial charge in [0.05, 0.1) is 18.6 Å². The van der Waals surface area contributed by atoms with Crippen molar-refractivity contribution >= 4 is 21.8 Å². The average Bonchev–Trinajstić information content (AvgIpc) is 2.95. The molecule has 0 saturated heterocycles. The molecule has 0 spiro atoms. The molecule has 158 valence electrons. The summed E-state index contributed by atoms with van der Waals surface area (Å²) in [5.74, 6) is -1.53. The zero-order chi connectivity index (χ0) is 21.9. The highest BCUT2D eigenvalue weighted by Gasteiger charge is 2.30. The number of sulfonamides is 1. The van der Waals surface area contributed by atoms with Gasteiger partial charge in [0.15, 0.2) is 5.78 Å². The number of aromatic nitrogens is 1. The van der Waals surface area contributed by atoms with Crippen LogP contribution in [0.15, 0.2) is 29.2 Å². The number of likely N-dealkylation sites (N-methyl/N-ethyl adjacent to an activating group) is 1. The number of carbonyl (C=O) groups is 2. The molecule has 0 bridgehead atoms. The number of carbonyl (C=O) groups excluding carboxylic acids is 2. The third kappa shape index (κ3) is 4.25. The Hall–Kier alpha value is -2.52. The number of methoxy groups -OCH3 is 1. The van der Waals surface area contributed by atoms with Gasteiger partial charge in [-0.1, -0.05) is 6.92 Å². The van der Waals surface area contributed by atoms with Crippen LogP contribution in [0.3, 0.4) is 0 Å². The van der Waals surface area contributed by atoms with E-state index in [4.69, 9.17) is 4.74 Å². The van der Waals surface area contributed by atoms with E-state index < -0.39 is 34.1 Å². The minimum absolute atomic E-state index is 0.0574. The van der Waals surface area contributed by atoms with E-state index in [1.165, 1.54) is 7.11 Å². The van der Waals surface area contributed by atoms with Gasteiger partial charge < -0.3 is 9.30 Å². The molecule has 0 fully saturated rings. The zero-order valence-electron chi connectivity index (χ0n) is 17.2. The molecule has 0 aliphatic heterocycles. The van der Waals surface area contributed by atoms with E-state index in [0.717, 1.165) is 28.6 Å². The summed E-state index contributed by atoms with van der Waals surface area (Å²) in [6, 6.07) is 4.44. The standard InChI is InChI=1S/C20H25FN2O5S/c1-6-22(29(26,27)16-10-8-15(21)9-11-16)12-17(24)18-13(3)19(20(25)28-5)23(7-2)14(18)4/h8-11H,6-7,12H2,1-5H3. The Morgan fingerprint density at radius 2 is 1.72 bits per heavy atom. The summed E-state index contributed by atoms with van der Waals surface area (Å²) in [5, 5.41) is 0. The van der Waals surface area contributed by atoms with Gasteiger partial charge >= 0.3 is 5.97 Å². The molecule has 9 heteroatoms. The first-order chi connectivity index (χ1) is 13.6. The first kappa shape index (κ1) is 22.8. The molecule has 0 N–H and O–H groups in total. The normalized spacial score (nSPS) is 11.7. The largest absolute Gasteiger partial charge is 0.464 e. The fourth-order valence-electron chi connectivity index (χ4n) is 3.42. The summed E-state index contributed by atoms with van der Waals surface area (Å²) in [6.45, 7) is 6.92. The highest BCUT2D eigenvalue weighted by Crippen LogP contribution is 2.25. The topological polar surface area (TPSA) is 85.7 Å². The third-order valence-electron chi connectivity index (χ3n) is 4.86. The Bertz CT molecular complexity index is 1030. The van der Waals surface area contributed by atoms with Crippen LogP contribution in [0.5, 0.6) is 0 Å². The van der Waals surface area contributed by atoms with Gasteiger partial charge in [0.2, 0.25) is 10.0 Å². The van der Waals surface area contributed by atoms with Crippen molar-refractivity contribution in [1.82, 2.24) is 8.87 Å². The number of Topliss-reactive ketones (excluding diaryl/α,β-unsaturated/α-hetero) is 1. The molecule has 0 radical (unpaired) electrons. The van der Waals surface area contributed by atoms with Gasteiger partial charge in [-0.25, -0.2) is 17.6 Å². The molecule has 0 saturated carbocycles. The number of halogens is 1. The summed E-state index contributed by atoms with van der Waals surface area (Å²) < 4.78 is 46.4. The maximum Gasteiger partial charge on any atom is 0.354 e. The fourth-order valence-corrected chi connectivity index (χ4v) is 4.83. The van der Waals surface area contributed by atoms with Crippen LogP contribution >= 0.6 is 0 Å². The molecule has 0 atom stereocenters. The molecule has 29 heavy (non-hydrogen) atoms. The number of hydrogen-bond donors (Lipinski definition) is 0. The second-order valence-electron chi connectivity index (χ2n) is 6.48. The highest BCUT2D eigenvalue weighted by molar-refractivity contribution is 7.89. The first-order valence-electron chi connectivity index (χ1n) is 9.16. The van der Waals surface area contributed by atoms with Gasteiger partial charge in [-0.05, 0) is 50.6 Å². The second kappa shape index (κ2) is 8.87. The SMILES string of the molecule is CCN(CC(=O)c1c(C)c(C(=O)OC)n(CC)c1C)S(=O)(=O)c1ccc(F)cc1. The smallest absolute Gasteiger partial charge is 0.354 e. The number of benzene rings is 1. The quantitative estimate of drug-likeness (QED) is 0.480. The third-order valence-corrected chi connectivity index (χ3v) is 6.80. The molecule has 0 aliphatic carbocycles. The molecule has 0 amide bonds. The summed E-state index contributed by atoms with van der Waals surface area (Å²) in [5.41, 5.74) is 1.61. The monoisotopic (exact) mass is 424 g/mol.